The lowest BCUT2D eigenvalue weighted by atomic mass is 10.0. The Morgan fingerprint density at radius 1 is 1.08 bits per heavy atom. The van der Waals surface area contributed by atoms with E-state index in [9.17, 15) is 19.5 Å². The minimum Gasteiger partial charge on any atom is -0.497 e. The molecule has 0 saturated carbocycles. The van der Waals surface area contributed by atoms with Gasteiger partial charge in [-0.2, -0.15) is 0 Å². The van der Waals surface area contributed by atoms with E-state index in [0.717, 1.165) is 19.3 Å². The van der Waals surface area contributed by atoms with E-state index in [0.29, 0.717) is 46.6 Å². The molecule has 5 amide bonds. The van der Waals surface area contributed by atoms with E-state index in [4.69, 9.17) is 18.7 Å². The van der Waals surface area contributed by atoms with Crippen molar-refractivity contribution in [2.75, 3.05) is 56.4 Å². The van der Waals surface area contributed by atoms with Gasteiger partial charge in [0.1, 0.15) is 22.9 Å². The Bertz CT molecular complexity index is 1580. The highest BCUT2D eigenvalue weighted by atomic mass is 16.5. The summed E-state index contributed by atoms with van der Waals surface area (Å²) in [5, 5.41) is 22.6. The highest BCUT2D eigenvalue weighted by Gasteiger charge is 2.31. The molecule has 272 valence electrons. The molecular formula is C36H50N6O8. The molecule has 4 N–H and O–H groups in total. The number of urea groups is 2. The standard InChI is InChI=1S/C36H50N6O8/c1-22-19-42(23(2)21-43)34(44)30-18-28(38-35(45)37-27-11-14-29(47-7)15-12-27)13-16-31(30)49-24(3)10-8-9-17-48-32(22)20-41(6)36(46)39-33-25(4)40-50-26(33)5/h11-16,18,22-24,32,43H,8-10,17,19-21H2,1-7H3,(H,39,46)(H2,37,38,45)/t22-,23+,24-,32-/m1/s1. The van der Waals surface area contributed by atoms with Crippen LogP contribution in [-0.2, 0) is 4.74 Å². The molecule has 14 heteroatoms. The van der Waals surface area contributed by atoms with Gasteiger partial charge in [-0.25, -0.2) is 9.59 Å². The molecule has 0 saturated heterocycles. The molecule has 4 atom stereocenters. The third kappa shape index (κ3) is 10.1. The fraction of sp³-hybridized carbons (Fsp3) is 0.500. The summed E-state index contributed by atoms with van der Waals surface area (Å²) in [7, 11) is 3.25. The number of fused-ring (bicyclic) bond motifs is 1. The number of hydrogen-bond acceptors (Lipinski definition) is 9. The normalized spacial score (nSPS) is 19.3. The van der Waals surface area contributed by atoms with Crippen molar-refractivity contribution in [1.82, 2.24) is 15.0 Å². The third-order valence-corrected chi connectivity index (χ3v) is 8.72. The molecular weight excluding hydrogens is 644 g/mol. The van der Waals surface area contributed by atoms with Gasteiger partial charge in [-0.1, -0.05) is 12.1 Å². The van der Waals surface area contributed by atoms with Gasteiger partial charge >= 0.3 is 12.1 Å². The first-order valence-corrected chi connectivity index (χ1v) is 16.9. The fourth-order valence-electron chi connectivity index (χ4n) is 5.65. The van der Waals surface area contributed by atoms with Crippen LogP contribution in [0.3, 0.4) is 0 Å². The second kappa shape index (κ2) is 17.7. The molecule has 0 bridgehead atoms. The molecule has 14 nitrogen and oxygen atoms in total. The van der Waals surface area contributed by atoms with Gasteiger partial charge in [0.25, 0.3) is 5.91 Å². The number of benzene rings is 2. The minimum absolute atomic E-state index is 0.209. The second-order valence-corrected chi connectivity index (χ2v) is 12.8. The van der Waals surface area contributed by atoms with E-state index in [1.807, 2.05) is 13.8 Å². The summed E-state index contributed by atoms with van der Waals surface area (Å²) in [6, 6.07) is 10.5. The zero-order valence-corrected chi connectivity index (χ0v) is 29.9. The smallest absolute Gasteiger partial charge is 0.323 e. The lowest BCUT2D eigenvalue weighted by Gasteiger charge is -2.35. The van der Waals surface area contributed by atoms with Gasteiger partial charge in [-0.3, -0.25) is 4.79 Å². The number of carbonyl (C=O) groups excluding carboxylic acids is 3. The molecule has 1 aliphatic rings. The SMILES string of the molecule is COc1ccc(NC(=O)Nc2ccc3c(c2)C(=O)N([C@@H](C)CO)C[C@@H](C)[C@@H](CN(C)C(=O)Nc2c(C)noc2C)OCCCC[C@@H](C)O3)cc1. The Kier molecular flexibility index (Phi) is 13.5. The van der Waals surface area contributed by atoms with Crippen molar-refractivity contribution >= 4 is 35.0 Å². The zero-order chi connectivity index (χ0) is 36.4. The number of ether oxygens (including phenoxy) is 3. The van der Waals surface area contributed by atoms with E-state index in [2.05, 4.69) is 21.1 Å². The molecule has 0 spiro atoms. The number of anilines is 3. The molecule has 1 aliphatic heterocycles. The number of aromatic nitrogens is 1. The van der Waals surface area contributed by atoms with Crippen LogP contribution in [0.25, 0.3) is 0 Å². The molecule has 50 heavy (non-hydrogen) atoms. The van der Waals surface area contributed by atoms with Crippen LogP contribution in [0.2, 0.25) is 0 Å². The first-order valence-electron chi connectivity index (χ1n) is 16.9. The van der Waals surface area contributed by atoms with Gasteiger partial charge in [0.2, 0.25) is 0 Å². The largest absolute Gasteiger partial charge is 0.497 e. The molecule has 0 unspecified atom stereocenters. The summed E-state index contributed by atoms with van der Waals surface area (Å²) in [4.78, 5) is 43.6. The topological polar surface area (TPSA) is 168 Å². The quantitative estimate of drug-likeness (QED) is 0.224. The summed E-state index contributed by atoms with van der Waals surface area (Å²) in [6.07, 6.45) is 1.69. The Morgan fingerprint density at radius 2 is 1.78 bits per heavy atom. The number of amides is 5. The summed E-state index contributed by atoms with van der Waals surface area (Å²) >= 11 is 0. The highest BCUT2D eigenvalue weighted by Crippen LogP contribution is 2.29. The van der Waals surface area contributed by atoms with Crippen LogP contribution in [0.5, 0.6) is 11.5 Å². The van der Waals surface area contributed by atoms with Gasteiger partial charge in [-0.05, 0) is 89.4 Å². The number of carbonyl (C=O) groups is 3. The van der Waals surface area contributed by atoms with Crippen molar-refractivity contribution in [2.24, 2.45) is 5.92 Å². The number of methoxy groups -OCH3 is 1. The monoisotopic (exact) mass is 694 g/mol. The Balaban J connectivity index is 1.57. The van der Waals surface area contributed by atoms with Crippen molar-refractivity contribution in [3.8, 4) is 11.5 Å². The van der Waals surface area contributed by atoms with Crippen LogP contribution < -0.4 is 25.4 Å². The number of aryl methyl sites for hydroxylation is 2. The molecule has 1 aromatic heterocycles. The average Bonchev–Trinajstić information content (AvgIpc) is 3.41. The average molecular weight is 695 g/mol. The number of rotatable bonds is 8. The molecule has 2 aromatic carbocycles. The van der Waals surface area contributed by atoms with Crippen LogP contribution in [0, 0.1) is 19.8 Å². The van der Waals surface area contributed by atoms with E-state index in [1.165, 1.54) is 4.90 Å². The van der Waals surface area contributed by atoms with E-state index in [1.54, 1.807) is 82.3 Å². The highest BCUT2D eigenvalue weighted by molar-refractivity contribution is 6.02. The molecule has 3 aromatic rings. The summed E-state index contributed by atoms with van der Waals surface area (Å²) < 4.78 is 23.0. The lowest BCUT2D eigenvalue weighted by molar-refractivity contribution is -0.0115. The molecule has 0 aliphatic carbocycles. The number of nitrogens with zero attached hydrogens (tertiary/aromatic N) is 3. The van der Waals surface area contributed by atoms with Gasteiger partial charge in [0.05, 0.1) is 37.5 Å². The van der Waals surface area contributed by atoms with E-state index < -0.39 is 18.2 Å². The second-order valence-electron chi connectivity index (χ2n) is 12.8. The van der Waals surface area contributed by atoms with Gasteiger partial charge in [0.15, 0.2) is 5.76 Å². The van der Waals surface area contributed by atoms with Crippen LogP contribution in [0.4, 0.5) is 26.7 Å². The van der Waals surface area contributed by atoms with Gasteiger partial charge < -0.3 is 49.6 Å². The molecule has 0 fully saturated rings. The number of aliphatic hydroxyl groups is 1. The van der Waals surface area contributed by atoms with Gasteiger partial charge in [-0.15, -0.1) is 0 Å². The zero-order valence-electron chi connectivity index (χ0n) is 29.9. The maximum absolute atomic E-state index is 14.4. The number of hydrogen-bond donors (Lipinski definition) is 4. The van der Waals surface area contributed by atoms with Crippen LogP contribution in [0.15, 0.2) is 47.0 Å². The number of nitrogens with one attached hydrogen (secondary N) is 3. The van der Waals surface area contributed by atoms with Crippen LogP contribution >= 0.6 is 0 Å². The maximum Gasteiger partial charge on any atom is 0.323 e. The van der Waals surface area contributed by atoms with Crippen LogP contribution in [0.1, 0.15) is 61.8 Å². The van der Waals surface area contributed by atoms with Crippen molar-refractivity contribution in [3.63, 3.8) is 0 Å². The predicted octanol–water partition coefficient (Wildman–Crippen LogP) is 5.90. The molecule has 2 heterocycles. The van der Waals surface area contributed by atoms with Gasteiger partial charge in [0, 0.05) is 44.0 Å². The third-order valence-electron chi connectivity index (χ3n) is 8.72. The van der Waals surface area contributed by atoms with E-state index >= 15 is 0 Å². The summed E-state index contributed by atoms with van der Waals surface area (Å²) in [5.74, 6) is 0.931. The first-order chi connectivity index (χ1) is 23.9. The van der Waals surface area contributed by atoms with Crippen molar-refractivity contribution in [3.05, 3.63) is 59.5 Å². The van der Waals surface area contributed by atoms with E-state index in [-0.39, 0.29) is 49.2 Å². The summed E-state index contributed by atoms with van der Waals surface area (Å²) in [5.41, 5.74) is 2.30. The number of likely N-dealkylation sites (N-methyl/N-ethyl adjacent to an activating group) is 1. The fourth-order valence-corrected chi connectivity index (χ4v) is 5.65. The van der Waals surface area contributed by atoms with Crippen LogP contribution in [-0.4, -0.2) is 96.7 Å². The minimum atomic E-state index is -0.556. The molecule has 4 rings (SSSR count). The summed E-state index contributed by atoms with van der Waals surface area (Å²) in [6.45, 7) is 9.81. The number of aliphatic hydroxyl groups excluding tert-OH is 1. The Labute approximate surface area is 293 Å². The Hall–Kier alpha value is -4.82. The molecule has 0 radical (unpaired) electrons. The lowest BCUT2D eigenvalue weighted by Crippen LogP contribution is -2.48. The maximum atomic E-state index is 14.4. The van der Waals surface area contributed by atoms with Crippen molar-refractivity contribution in [2.45, 2.75) is 72.1 Å². The predicted molar refractivity (Wildman–Crippen MR) is 190 cm³/mol. The van der Waals surface area contributed by atoms with Crippen molar-refractivity contribution < 1.29 is 38.2 Å². The first kappa shape index (κ1) is 38.0. The van der Waals surface area contributed by atoms with Crippen molar-refractivity contribution in [1.29, 1.82) is 0 Å². The Morgan fingerprint density at radius 3 is 2.44 bits per heavy atom.